The summed E-state index contributed by atoms with van der Waals surface area (Å²) in [5.41, 5.74) is 0.677. The second-order valence-corrected chi connectivity index (χ2v) is 8.79. The lowest BCUT2D eigenvalue weighted by atomic mass is 10.1. The van der Waals surface area contributed by atoms with Crippen molar-refractivity contribution in [3.05, 3.63) is 70.5 Å². The van der Waals surface area contributed by atoms with Gasteiger partial charge in [0.25, 0.3) is 0 Å². The average Bonchev–Trinajstić information content (AvgIpc) is 2.68. The zero-order valence-corrected chi connectivity index (χ0v) is 17.0. The number of hydrogen-bond acceptors (Lipinski definition) is 4. The van der Waals surface area contributed by atoms with Crippen molar-refractivity contribution in [2.75, 3.05) is 6.54 Å². The Labute approximate surface area is 172 Å². The smallest absolute Gasteiger partial charge is 0.318 e. The molecule has 0 spiro atoms. The first kappa shape index (κ1) is 20.5. The fraction of sp³-hybridized carbons (Fsp3) is 0.158. The van der Waals surface area contributed by atoms with Crippen LogP contribution in [-0.4, -0.2) is 35.3 Å². The summed E-state index contributed by atoms with van der Waals surface area (Å²) in [6, 6.07) is 12.4. The Bertz CT molecular complexity index is 1140. The van der Waals surface area contributed by atoms with Crippen LogP contribution in [0.1, 0.15) is 18.5 Å². The number of fused-ring (bicyclic) bond motifs is 1. The number of aliphatic carboxylic acids is 1. The van der Waals surface area contributed by atoms with Gasteiger partial charge in [-0.25, -0.2) is 13.4 Å². The molecule has 0 aliphatic heterocycles. The molecular formula is C19H16Cl2N2O4S. The summed E-state index contributed by atoms with van der Waals surface area (Å²) in [4.78, 5) is 15.2. The van der Waals surface area contributed by atoms with Crippen LogP contribution < -0.4 is 0 Å². The number of carboxylic acids is 1. The van der Waals surface area contributed by atoms with Gasteiger partial charge in [-0.15, -0.1) is 0 Å². The standard InChI is InChI=1S/C19H16Cl2N2O4S/c1-12(13-5-3-2-4-6-13)23(11-18(24)25)28(26,27)14-7-8-15-16(9-14)19(21)22-10-17(15)20/h2-10,12H,11H2,1H3,(H,24,25)/t12-/m1/s1. The first-order chi connectivity index (χ1) is 13.2. The van der Waals surface area contributed by atoms with Crippen molar-refractivity contribution in [1.29, 1.82) is 0 Å². The van der Waals surface area contributed by atoms with Crippen LogP contribution in [0, 0.1) is 0 Å². The molecule has 0 unspecified atom stereocenters. The van der Waals surface area contributed by atoms with Gasteiger partial charge in [0.1, 0.15) is 11.7 Å². The number of sulfonamides is 1. The van der Waals surface area contributed by atoms with E-state index < -0.39 is 28.6 Å². The predicted molar refractivity (Wildman–Crippen MR) is 108 cm³/mol. The van der Waals surface area contributed by atoms with E-state index in [9.17, 15) is 18.3 Å². The number of aromatic nitrogens is 1. The highest BCUT2D eigenvalue weighted by Crippen LogP contribution is 2.33. The highest BCUT2D eigenvalue weighted by molar-refractivity contribution is 7.89. The Balaban J connectivity index is 2.12. The molecule has 28 heavy (non-hydrogen) atoms. The van der Waals surface area contributed by atoms with E-state index in [4.69, 9.17) is 23.2 Å². The summed E-state index contributed by atoms with van der Waals surface area (Å²) >= 11 is 12.2. The minimum atomic E-state index is -4.14. The third-order valence-corrected chi connectivity index (χ3v) is 6.89. The molecule has 9 heteroatoms. The summed E-state index contributed by atoms with van der Waals surface area (Å²) < 4.78 is 27.5. The lowest BCUT2D eigenvalue weighted by Crippen LogP contribution is -2.37. The van der Waals surface area contributed by atoms with Crippen LogP contribution in [0.15, 0.2) is 59.6 Å². The van der Waals surface area contributed by atoms with E-state index in [-0.39, 0.29) is 10.0 Å². The monoisotopic (exact) mass is 438 g/mol. The highest BCUT2D eigenvalue weighted by atomic mass is 35.5. The van der Waals surface area contributed by atoms with Crippen LogP contribution in [-0.2, 0) is 14.8 Å². The molecule has 0 bridgehead atoms. The van der Waals surface area contributed by atoms with Gasteiger partial charge in [0, 0.05) is 23.0 Å². The molecule has 3 aromatic rings. The van der Waals surface area contributed by atoms with E-state index >= 15 is 0 Å². The van der Waals surface area contributed by atoms with Crippen LogP contribution in [0.25, 0.3) is 10.8 Å². The average molecular weight is 439 g/mol. The molecule has 1 N–H and O–H groups in total. The molecule has 0 aliphatic carbocycles. The van der Waals surface area contributed by atoms with Crippen molar-refractivity contribution in [2.45, 2.75) is 17.9 Å². The molecule has 1 atom stereocenters. The molecule has 2 aromatic carbocycles. The van der Waals surface area contributed by atoms with Crippen LogP contribution in [0.5, 0.6) is 0 Å². The molecule has 6 nitrogen and oxygen atoms in total. The fourth-order valence-corrected chi connectivity index (χ4v) is 4.93. The molecule has 146 valence electrons. The van der Waals surface area contributed by atoms with Crippen molar-refractivity contribution >= 4 is 50.0 Å². The Kier molecular flexibility index (Phi) is 5.90. The highest BCUT2D eigenvalue weighted by Gasteiger charge is 2.32. The van der Waals surface area contributed by atoms with Gasteiger partial charge in [-0.3, -0.25) is 4.79 Å². The number of benzene rings is 2. The fourth-order valence-electron chi connectivity index (χ4n) is 2.91. The summed E-state index contributed by atoms with van der Waals surface area (Å²) in [6.45, 7) is 0.959. The quantitative estimate of drug-likeness (QED) is 0.576. The second-order valence-electron chi connectivity index (χ2n) is 6.13. The summed E-state index contributed by atoms with van der Waals surface area (Å²) in [5.74, 6) is -1.25. The zero-order chi connectivity index (χ0) is 20.5. The van der Waals surface area contributed by atoms with Gasteiger partial charge in [0.05, 0.1) is 9.92 Å². The molecule has 0 fully saturated rings. The molecule has 1 heterocycles. The topological polar surface area (TPSA) is 87.6 Å². The van der Waals surface area contributed by atoms with Gasteiger partial charge >= 0.3 is 5.97 Å². The van der Waals surface area contributed by atoms with Crippen LogP contribution in [0.2, 0.25) is 10.2 Å². The van der Waals surface area contributed by atoms with Crippen molar-refractivity contribution in [1.82, 2.24) is 9.29 Å². The van der Waals surface area contributed by atoms with E-state index in [1.165, 1.54) is 24.4 Å². The van der Waals surface area contributed by atoms with Gasteiger partial charge in [-0.05, 0) is 24.6 Å². The summed E-state index contributed by atoms with van der Waals surface area (Å²) in [6.07, 6.45) is 1.38. The van der Waals surface area contributed by atoms with E-state index in [0.717, 1.165) is 4.31 Å². The number of halogens is 2. The SMILES string of the molecule is C[C@H](c1ccccc1)N(CC(=O)O)S(=O)(=O)c1ccc2c(Cl)cnc(Cl)c2c1. The number of rotatable bonds is 6. The van der Waals surface area contributed by atoms with E-state index in [2.05, 4.69) is 4.98 Å². The van der Waals surface area contributed by atoms with E-state index in [1.54, 1.807) is 37.3 Å². The Morgan fingerprint density at radius 2 is 1.82 bits per heavy atom. The number of hydrogen-bond donors (Lipinski definition) is 1. The molecule has 3 rings (SSSR count). The lowest BCUT2D eigenvalue weighted by molar-refractivity contribution is -0.137. The molecule has 0 saturated carbocycles. The summed E-state index contributed by atoms with van der Waals surface area (Å²) in [7, 11) is -4.14. The van der Waals surface area contributed by atoms with E-state index in [1.807, 2.05) is 0 Å². The molecule has 0 saturated heterocycles. The van der Waals surface area contributed by atoms with E-state index in [0.29, 0.717) is 21.4 Å². The Morgan fingerprint density at radius 1 is 1.14 bits per heavy atom. The molecule has 0 aliphatic rings. The Hall–Kier alpha value is -2.19. The third-order valence-electron chi connectivity index (χ3n) is 4.37. The predicted octanol–water partition coefficient (Wildman–Crippen LogP) is 4.38. The normalized spacial score (nSPS) is 13.0. The van der Waals surface area contributed by atoms with Crippen LogP contribution >= 0.6 is 23.2 Å². The van der Waals surface area contributed by atoms with Gasteiger partial charge < -0.3 is 5.11 Å². The largest absolute Gasteiger partial charge is 0.480 e. The molecular weight excluding hydrogens is 423 g/mol. The maximum Gasteiger partial charge on any atom is 0.318 e. The minimum Gasteiger partial charge on any atom is -0.480 e. The third kappa shape index (κ3) is 3.98. The zero-order valence-electron chi connectivity index (χ0n) is 14.7. The number of carbonyl (C=O) groups is 1. The van der Waals surface area contributed by atoms with Crippen molar-refractivity contribution < 1.29 is 18.3 Å². The van der Waals surface area contributed by atoms with Crippen molar-refractivity contribution in [3.8, 4) is 0 Å². The molecule has 0 radical (unpaired) electrons. The molecule has 0 amide bonds. The molecule has 1 aromatic heterocycles. The Morgan fingerprint density at radius 3 is 2.46 bits per heavy atom. The van der Waals surface area contributed by atoms with Gasteiger partial charge in [0.15, 0.2) is 0 Å². The van der Waals surface area contributed by atoms with Gasteiger partial charge in [0.2, 0.25) is 10.0 Å². The number of nitrogens with zero attached hydrogens (tertiary/aromatic N) is 2. The first-order valence-electron chi connectivity index (χ1n) is 8.24. The van der Waals surface area contributed by atoms with Crippen LogP contribution in [0.3, 0.4) is 0 Å². The number of pyridine rings is 1. The number of carboxylic acid groups (broad SMARTS) is 1. The second kappa shape index (κ2) is 8.05. The maximum atomic E-state index is 13.3. The van der Waals surface area contributed by atoms with Gasteiger partial charge in [-0.1, -0.05) is 59.6 Å². The maximum absolute atomic E-state index is 13.3. The lowest BCUT2D eigenvalue weighted by Gasteiger charge is -2.27. The van der Waals surface area contributed by atoms with Crippen molar-refractivity contribution in [3.63, 3.8) is 0 Å². The first-order valence-corrected chi connectivity index (χ1v) is 10.4. The summed E-state index contributed by atoms with van der Waals surface area (Å²) in [5, 5.41) is 10.7. The van der Waals surface area contributed by atoms with Crippen LogP contribution in [0.4, 0.5) is 0 Å². The minimum absolute atomic E-state index is 0.0880. The van der Waals surface area contributed by atoms with Gasteiger partial charge in [-0.2, -0.15) is 4.31 Å². The van der Waals surface area contributed by atoms with Crippen molar-refractivity contribution in [2.24, 2.45) is 0 Å².